The molecule has 0 fully saturated rings. The monoisotopic (exact) mass is 375 g/mol. The van der Waals surface area contributed by atoms with Gasteiger partial charge in [0.1, 0.15) is 5.52 Å². The van der Waals surface area contributed by atoms with E-state index in [1.165, 1.54) is 17.3 Å². The fourth-order valence-electron chi connectivity index (χ4n) is 3.50. The molecule has 0 aliphatic rings. The van der Waals surface area contributed by atoms with Crippen LogP contribution < -0.4 is 5.32 Å². The van der Waals surface area contributed by atoms with Crippen molar-refractivity contribution in [3.8, 4) is 0 Å². The van der Waals surface area contributed by atoms with E-state index in [1.807, 2.05) is 36.7 Å². The number of aliphatic hydroxyl groups excluding tert-OH is 1. The predicted octanol–water partition coefficient (Wildman–Crippen LogP) is 4.76. The second-order valence-corrected chi connectivity index (χ2v) is 7.37. The van der Waals surface area contributed by atoms with Gasteiger partial charge in [-0.15, -0.1) is 0 Å². The molecule has 1 unspecified atom stereocenters. The molecule has 2 atom stereocenters. The second-order valence-electron chi connectivity index (χ2n) is 7.37. The SMILES string of the molecule is C[C@H](CCCC(O)c1ccc2ocnc2c1)NCc1ccc2cnccc2c1. The van der Waals surface area contributed by atoms with Gasteiger partial charge < -0.3 is 14.8 Å². The van der Waals surface area contributed by atoms with Crippen LogP contribution in [0, 0.1) is 0 Å². The Bertz CT molecular complexity index is 1060. The van der Waals surface area contributed by atoms with Crippen molar-refractivity contribution in [1.82, 2.24) is 15.3 Å². The van der Waals surface area contributed by atoms with Crippen LogP contribution in [0.1, 0.15) is 43.4 Å². The largest absolute Gasteiger partial charge is 0.443 e. The Balaban J connectivity index is 1.24. The number of aromatic nitrogens is 2. The molecule has 0 bridgehead atoms. The van der Waals surface area contributed by atoms with Gasteiger partial charge >= 0.3 is 0 Å². The molecule has 0 spiro atoms. The zero-order valence-corrected chi connectivity index (χ0v) is 16.0. The summed E-state index contributed by atoms with van der Waals surface area (Å²) in [6.07, 6.45) is 7.38. The molecule has 4 aromatic rings. The minimum atomic E-state index is -0.470. The normalized spacial score (nSPS) is 13.8. The first-order valence-corrected chi connectivity index (χ1v) is 9.76. The number of aliphatic hydroxyl groups is 1. The lowest BCUT2D eigenvalue weighted by molar-refractivity contribution is 0.162. The Morgan fingerprint density at radius 1 is 1.07 bits per heavy atom. The summed E-state index contributed by atoms with van der Waals surface area (Å²) >= 11 is 0. The first-order valence-electron chi connectivity index (χ1n) is 9.76. The van der Waals surface area contributed by atoms with E-state index in [2.05, 4.69) is 40.4 Å². The first-order chi connectivity index (χ1) is 13.7. The quantitative estimate of drug-likeness (QED) is 0.465. The van der Waals surface area contributed by atoms with E-state index in [0.29, 0.717) is 6.04 Å². The van der Waals surface area contributed by atoms with Gasteiger partial charge in [0, 0.05) is 30.4 Å². The molecule has 144 valence electrons. The third kappa shape index (κ3) is 4.38. The Labute approximate surface area is 164 Å². The van der Waals surface area contributed by atoms with E-state index in [0.717, 1.165) is 47.9 Å². The zero-order chi connectivity index (χ0) is 19.3. The van der Waals surface area contributed by atoms with E-state index < -0.39 is 6.10 Å². The molecule has 0 amide bonds. The molecular weight excluding hydrogens is 350 g/mol. The van der Waals surface area contributed by atoms with Crippen molar-refractivity contribution < 1.29 is 9.52 Å². The van der Waals surface area contributed by atoms with E-state index in [1.54, 1.807) is 0 Å². The maximum atomic E-state index is 10.5. The van der Waals surface area contributed by atoms with Gasteiger partial charge in [-0.25, -0.2) is 4.98 Å². The van der Waals surface area contributed by atoms with Gasteiger partial charge in [0.25, 0.3) is 0 Å². The Hall–Kier alpha value is -2.76. The molecule has 5 nitrogen and oxygen atoms in total. The molecule has 0 radical (unpaired) electrons. The molecular formula is C23H25N3O2. The smallest absolute Gasteiger partial charge is 0.181 e. The standard InChI is InChI=1S/C23H25N3O2/c1-16(25-13-17-5-6-20-14-24-10-9-18(20)11-17)3-2-4-22(27)19-7-8-23-21(12-19)26-15-28-23/h5-12,14-16,22,25,27H,2-4,13H2,1H3/t16-,22?/m1/s1. The van der Waals surface area contributed by atoms with Crippen LogP contribution in [-0.2, 0) is 6.54 Å². The molecule has 0 aliphatic carbocycles. The van der Waals surface area contributed by atoms with Gasteiger partial charge in [-0.2, -0.15) is 0 Å². The molecule has 0 aliphatic heterocycles. The number of rotatable bonds is 8. The number of fused-ring (bicyclic) bond motifs is 2. The van der Waals surface area contributed by atoms with Crippen LogP contribution in [0.25, 0.3) is 21.9 Å². The summed E-state index contributed by atoms with van der Waals surface area (Å²) in [5.41, 5.74) is 3.70. The van der Waals surface area contributed by atoms with Crippen LogP contribution in [0.4, 0.5) is 0 Å². The zero-order valence-electron chi connectivity index (χ0n) is 16.0. The summed E-state index contributed by atoms with van der Waals surface area (Å²) in [5, 5.41) is 16.4. The van der Waals surface area contributed by atoms with Gasteiger partial charge in [0.15, 0.2) is 12.0 Å². The van der Waals surface area contributed by atoms with Crippen molar-refractivity contribution in [2.24, 2.45) is 0 Å². The molecule has 5 heteroatoms. The van der Waals surface area contributed by atoms with Crippen molar-refractivity contribution in [2.45, 2.75) is 44.9 Å². The number of oxazole rings is 1. The van der Waals surface area contributed by atoms with E-state index in [-0.39, 0.29) is 0 Å². The van der Waals surface area contributed by atoms with Crippen molar-refractivity contribution in [3.05, 3.63) is 72.4 Å². The van der Waals surface area contributed by atoms with Crippen molar-refractivity contribution in [2.75, 3.05) is 0 Å². The van der Waals surface area contributed by atoms with Crippen LogP contribution in [0.3, 0.4) is 0 Å². The molecule has 4 rings (SSSR count). The maximum absolute atomic E-state index is 10.5. The maximum Gasteiger partial charge on any atom is 0.181 e. The van der Waals surface area contributed by atoms with Gasteiger partial charge in [-0.3, -0.25) is 4.98 Å². The van der Waals surface area contributed by atoms with Crippen LogP contribution in [0.15, 0.2) is 65.7 Å². The van der Waals surface area contributed by atoms with Gasteiger partial charge in [-0.1, -0.05) is 18.2 Å². The number of nitrogens with one attached hydrogen (secondary N) is 1. The van der Waals surface area contributed by atoms with Crippen molar-refractivity contribution in [1.29, 1.82) is 0 Å². The summed E-state index contributed by atoms with van der Waals surface area (Å²) in [6.45, 7) is 3.03. The topological polar surface area (TPSA) is 71.2 Å². The van der Waals surface area contributed by atoms with Crippen LogP contribution in [0.2, 0.25) is 0 Å². The van der Waals surface area contributed by atoms with Crippen LogP contribution in [-0.4, -0.2) is 21.1 Å². The average Bonchev–Trinajstić information content (AvgIpc) is 3.20. The summed E-state index contributed by atoms with van der Waals surface area (Å²) in [4.78, 5) is 8.31. The molecule has 0 saturated carbocycles. The third-order valence-corrected chi connectivity index (χ3v) is 5.21. The molecule has 28 heavy (non-hydrogen) atoms. The number of nitrogens with zero attached hydrogens (tertiary/aromatic N) is 2. The predicted molar refractivity (Wildman–Crippen MR) is 111 cm³/mol. The first kappa shape index (κ1) is 18.6. The van der Waals surface area contributed by atoms with E-state index >= 15 is 0 Å². The highest BCUT2D eigenvalue weighted by molar-refractivity contribution is 5.82. The van der Waals surface area contributed by atoms with Gasteiger partial charge in [-0.05, 0) is 67.0 Å². The van der Waals surface area contributed by atoms with E-state index in [9.17, 15) is 5.11 Å². The number of benzene rings is 2. The number of hydrogen-bond acceptors (Lipinski definition) is 5. The fourth-order valence-corrected chi connectivity index (χ4v) is 3.50. The second kappa shape index (κ2) is 8.50. The lowest BCUT2D eigenvalue weighted by Gasteiger charge is -2.16. The molecule has 2 aromatic carbocycles. The minimum Gasteiger partial charge on any atom is -0.443 e. The highest BCUT2D eigenvalue weighted by atomic mass is 16.3. The number of pyridine rings is 1. The lowest BCUT2D eigenvalue weighted by atomic mass is 10.0. The fraction of sp³-hybridized carbons (Fsp3) is 0.304. The summed E-state index contributed by atoms with van der Waals surface area (Å²) < 4.78 is 5.25. The Kier molecular flexibility index (Phi) is 5.65. The van der Waals surface area contributed by atoms with E-state index in [4.69, 9.17) is 4.42 Å². The summed E-state index contributed by atoms with van der Waals surface area (Å²) in [5.74, 6) is 0. The molecule has 2 heterocycles. The highest BCUT2D eigenvalue weighted by Crippen LogP contribution is 2.23. The molecule has 2 aromatic heterocycles. The minimum absolute atomic E-state index is 0.387. The molecule has 2 N–H and O–H groups in total. The summed E-state index contributed by atoms with van der Waals surface area (Å²) in [6, 6.07) is 14.6. The van der Waals surface area contributed by atoms with Crippen molar-refractivity contribution in [3.63, 3.8) is 0 Å². The van der Waals surface area contributed by atoms with Crippen LogP contribution >= 0.6 is 0 Å². The third-order valence-electron chi connectivity index (χ3n) is 5.21. The van der Waals surface area contributed by atoms with Gasteiger partial charge in [0.05, 0.1) is 6.10 Å². The Morgan fingerprint density at radius 2 is 2.00 bits per heavy atom. The molecule has 0 saturated heterocycles. The average molecular weight is 375 g/mol. The summed E-state index contributed by atoms with van der Waals surface area (Å²) in [7, 11) is 0. The highest BCUT2D eigenvalue weighted by Gasteiger charge is 2.11. The number of hydrogen-bond donors (Lipinski definition) is 2. The van der Waals surface area contributed by atoms with Gasteiger partial charge in [0.2, 0.25) is 0 Å². The lowest BCUT2D eigenvalue weighted by Crippen LogP contribution is -2.25. The Morgan fingerprint density at radius 3 is 2.93 bits per heavy atom. The van der Waals surface area contributed by atoms with Crippen LogP contribution in [0.5, 0.6) is 0 Å². The van der Waals surface area contributed by atoms with Crippen molar-refractivity contribution >= 4 is 21.9 Å².